The monoisotopic (exact) mass is 270 g/mol. The fraction of sp³-hybridized carbons (Fsp3) is 0.929. The average molecular weight is 270 g/mol. The zero-order valence-electron chi connectivity index (χ0n) is 11.3. The van der Waals surface area contributed by atoms with Gasteiger partial charge in [0.2, 0.25) is 0 Å². The van der Waals surface area contributed by atoms with Crippen LogP contribution in [0.3, 0.4) is 0 Å². The lowest BCUT2D eigenvalue weighted by Crippen LogP contribution is -2.37. The SMILES string of the molecule is CC1(C)[C@@H]2CC[C@@]1(C)[C@H]1O[C@H](SCC(=O)O)C[C@@H]21. The number of fused-ring (bicyclic) bond motifs is 5. The Balaban J connectivity index is 1.73. The number of hydrogen-bond acceptors (Lipinski definition) is 3. The molecule has 2 bridgehead atoms. The second-order valence-corrected chi connectivity index (χ2v) is 8.02. The molecule has 5 atom stereocenters. The van der Waals surface area contributed by atoms with Gasteiger partial charge in [0.15, 0.2) is 0 Å². The van der Waals surface area contributed by atoms with Gasteiger partial charge in [-0.3, -0.25) is 4.79 Å². The summed E-state index contributed by atoms with van der Waals surface area (Å²) in [4.78, 5) is 10.6. The van der Waals surface area contributed by atoms with Crippen LogP contribution in [0.15, 0.2) is 0 Å². The summed E-state index contributed by atoms with van der Waals surface area (Å²) in [5.41, 5.74) is 0.776. The third kappa shape index (κ3) is 1.51. The van der Waals surface area contributed by atoms with Crippen molar-refractivity contribution in [1.82, 2.24) is 0 Å². The fourth-order valence-electron chi connectivity index (χ4n) is 4.76. The molecule has 4 heteroatoms. The molecule has 1 aliphatic heterocycles. The maximum absolute atomic E-state index is 10.6. The third-order valence-electron chi connectivity index (χ3n) is 6.06. The molecule has 0 aromatic heterocycles. The molecule has 0 aromatic rings. The van der Waals surface area contributed by atoms with Crippen molar-refractivity contribution in [3.05, 3.63) is 0 Å². The van der Waals surface area contributed by atoms with E-state index >= 15 is 0 Å². The summed E-state index contributed by atoms with van der Waals surface area (Å²) in [6.07, 6.45) is 4.00. The third-order valence-corrected chi connectivity index (χ3v) is 7.15. The molecule has 0 aromatic carbocycles. The molecular weight excluding hydrogens is 248 g/mol. The molecule has 18 heavy (non-hydrogen) atoms. The molecule has 1 N–H and O–H groups in total. The zero-order chi connectivity index (χ0) is 13.1. The van der Waals surface area contributed by atoms with Gasteiger partial charge in [0, 0.05) is 0 Å². The first-order valence-corrected chi connectivity index (χ1v) is 7.90. The van der Waals surface area contributed by atoms with Crippen LogP contribution in [0.25, 0.3) is 0 Å². The van der Waals surface area contributed by atoms with E-state index in [-0.39, 0.29) is 11.2 Å². The van der Waals surface area contributed by atoms with Crippen molar-refractivity contribution in [1.29, 1.82) is 0 Å². The van der Waals surface area contributed by atoms with Crippen LogP contribution < -0.4 is 0 Å². The van der Waals surface area contributed by atoms with E-state index in [0.717, 1.165) is 12.3 Å². The number of carboxylic acids is 1. The van der Waals surface area contributed by atoms with Crippen LogP contribution in [0, 0.1) is 22.7 Å². The van der Waals surface area contributed by atoms with E-state index in [1.165, 1.54) is 24.6 Å². The topological polar surface area (TPSA) is 46.5 Å². The number of rotatable bonds is 3. The first kappa shape index (κ1) is 12.8. The Hall–Kier alpha value is -0.220. The molecule has 0 radical (unpaired) electrons. The summed E-state index contributed by atoms with van der Waals surface area (Å²) in [6, 6.07) is 0. The van der Waals surface area contributed by atoms with Crippen LogP contribution in [0.2, 0.25) is 0 Å². The number of aliphatic carboxylic acids is 1. The molecule has 3 fully saturated rings. The minimum atomic E-state index is -0.741. The number of ether oxygens (including phenoxy) is 1. The predicted molar refractivity (Wildman–Crippen MR) is 71.5 cm³/mol. The summed E-state index contributed by atoms with van der Waals surface area (Å²) >= 11 is 1.46. The van der Waals surface area contributed by atoms with Crippen LogP contribution in [-0.4, -0.2) is 28.4 Å². The molecule has 3 aliphatic rings. The number of hydrogen-bond donors (Lipinski definition) is 1. The molecule has 2 aliphatic carbocycles. The smallest absolute Gasteiger partial charge is 0.313 e. The van der Waals surface area contributed by atoms with Crippen molar-refractivity contribution >= 4 is 17.7 Å². The molecule has 3 nitrogen and oxygen atoms in total. The van der Waals surface area contributed by atoms with Gasteiger partial charge in [-0.15, -0.1) is 11.8 Å². The first-order valence-electron chi connectivity index (χ1n) is 6.85. The molecule has 1 heterocycles. The Morgan fingerprint density at radius 3 is 2.78 bits per heavy atom. The van der Waals surface area contributed by atoms with Crippen LogP contribution >= 0.6 is 11.8 Å². The molecule has 102 valence electrons. The molecular formula is C14H22O3S. The van der Waals surface area contributed by atoms with E-state index in [9.17, 15) is 4.79 Å². The molecule has 0 amide bonds. The summed E-state index contributed by atoms with van der Waals surface area (Å²) in [5.74, 6) is 0.845. The predicted octanol–water partition coefficient (Wildman–Crippen LogP) is 2.99. The van der Waals surface area contributed by atoms with Crippen LogP contribution in [-0.2, 0) is 9.53 Å². The van der Waals surface area contributed by atoms with E-state index in [1.54, 1.807) is 0 Å². The second kappa shape index (κ2) is 3.89. The molecule has 2 saturated carbocycles. The Kier molecular flexibility index (Phi) is 2.76. The molecule has 0 unspecified atom stereocenters. The van der Waals surface area contributed by atoms with E-state index in [0.29, 0.717) is 22.9 Å². The summed E-state index contributed by atoms with van der Waals surface area (Å²) in [5, 5.41) is 8.75. The highest BCUT2D eigenvalue weighted by Crippen LogP contribution is 2.71. The Bertz CT molecular complexity index is 381. The lowest BCUT2D eigenvalue weighted by molar-refractivity contribution is -0.133. The lowest BCUT2D eigenvalue weighted by Gasteiger charge is -2.38. The Morgan fingerprint density at radius 2 is 2.17 bits per heavy atom. The molecule has 0 spiro atoms. The fourth-order valence-corrected chi connectivity index (χ4v) is 5.64. The molecule has 3 rings (SSSR count). The Morgan fingerprint density at radius 1 is 1.44 bits per heavy atom. The van der Waals surface area contributed by atoms with Gasteiger partial charge in [-0.05, 0) is 41.9 Å². The highest BCUT2D eigenvalue weighted by molar-refractivity contribution is 8.00. The minimum Gasteiger partial charge on any atom is -0.481 e. The van der Waals surface area contributed by atoms with Crippen molar-refractivity contribution in [2.24, 2.45) is 22.7 Å². The summed E-state index contributed by atoms with van der Waals surface area (Å²) < 4.78 is 6.21. The van der Waals surface area contributed by atoms with Gasteiger partial charge < -0.3 is 9.84 Å². The zero-order valence-corrected chi connectivity index (χ0v) is 12.1. The first-order chi connectivity index (χ1) is 8.36. The molecule has 1 saturated heterocycles. The van der Waals surface area contributed by atoms with Gasteiger partial charge in [-0.2, -0.15) is 0 Å². The van der Waals surface area contributed by atoms with Crippen LogP contribution in [0.5, 0.6) is 0 Å². The van der Waals surface area contributed by atoms with Crippen molar-refractivity contribution in [2.75, 3.05) is 5.75 Å². The highest BCUT2D eigenvalue weighted by atomic mass is 32.2. The number of thioether (sulfide) groups is 1. The average Bonchev–Trinajstić information content (AvgIpc) is 2.83. The van der Waals surface area contributed by atoms with Crippen molar-refractivity contribution < 1.29 is 14.6 Å². The summed E-state index contributed by atoms with van der Waals surface area (Å²) in [6.45, 7) is 7.17. The summed E-state index contributed by atoms with van der Waals surface area (Å²) in [7, 11) is 0. The minimum absolute atomic E-state index is 0.104. The van der Waals surface area contributed by atoms with Crippen molar-refractivity contribution in [3.63, 3.8) is 0 Å². The van der Waals surface area contributed by atoms with Gasteiger partial charge in [0.05, 0.1) is 11.9 Å². The van der Waals surface area contributed by atoms with Crippen molar-refractivity contribution in [2.45, 2.75) is 51.6 Å². The lowest BCUT2D eigenvalue weighted by atomic mass is 9.70. The van der Waals surface area contributed by atoms with Gasteiger partial charge in [0.1, 0.15) is 5.44 Å². The normalized spacial score (nSPS) is 48.4. The maximum Gasteiger partial charge on any atom is 0.313 e. The van der Waals surface area contributed by atoms with Crippen LogP contribution in [0.1, 0.15) is 40.0 Å². The van der Waals surface area contributed by atoms with E-state index in [2.05, 4.69) is 20.8 Å². The second-order valence-electron chi connectivity index (χ2n) is 6.87. The van der Waals surface area contributed by atoms with Crippen molar-refractivity contribution in [3.8, 4) is 0 Å². The van der Waals surface area contributed by atoms with E-state index in [1.807, 2.05) is 0 Å². The number of carboxylic acid groups (broad SMARTS) is 1. The van der Waals surface area contributed by atoms with Crippen LogP contribution in [0.4, 0.5) is 0 Å². The van der Waals surface area contributed by atoms with E-state index < -0.39 is 5.97 Å². The number of carbonyl (C=O) groups is 1. The standard InChI is InChI=1S/C14H22O3S/c1-13(2)9-4-5-14(13,3)12-8(9)6-11(17-12)18-7-10(15)16/h8-9,11-12H,4-7H2,1-3H3,(H,15,16)/t8-,9+,11+,12-,14-/m0/s1. The van der Waals surface area contributed by atoms with Gasteiger partial charge in [-0.1, -0.05) is 20.8 Å². The maximum atomic E-state index is 10.6. The van der Waals surface area contributed by atoms with E-state index in [4.69, 9.17) is 9.84 Å². The largest absolute Gasteiger partial charge is 0.481 e. The van der Waals surface area contributed by atoms with Gasteiger partial charge >= 0.3 is 5.97 Å². The highest BCUT2D eigenvalue weighted by Gasteiger charge is 2.68. The van der Waals surface area contributed by atoms with Gasteiger partial charge in [0.25, 0.3) is 0 Å². The van der Waals surface area contributed by atoms with Gasteiger partial charge in [-0.25, -0.2) is 0 Å². The quantitative estimate of drug-likeness (QED) is 0.856. The Labute approximate surface area is 113 Å².